The van der Waals surface area contributed by atoms with Crippen LogP contribution in [0.2, 0.25) is 0 Å². The summed E-state index contributed by atoms with van der Waals surface area (Å²) in [6, 6.07) is 20.3. The van der Waals surface area contributed by atoms with Crippen molar-refractivity contribution in [1.29, 1.82) is 0 Å². The number of aromatic nitrogens is 3. The van der Waals surface area contributed by atoms with Crippen LogP contribution in [0.4, 0.5) is 0 Å². The quantitative estimate of drug-likeness (QED) is 0.407. The van der Waals surface area contributed by atoms with Crippen LogP contribution in [0.1, 0.15) is 17.0 Å². The van der Waals surface area contributed by atoms with Gasteiger partial charge in [0.2, 0.25) is 4.77 Å². The molecule has 1 aliphatic heterocycles. The molecular formula is C22H18N4O2S. The van der Waals surface area contributed by atoms with Gasteiger partial charge in [0.25, 0.3) is 0 Å². The van der Waals surface area contributed by atoms with Crippen LogP contribution in [-0.2, 0) is 6.42 Å². The Hall–Kier alpha value is -3.45. The van der Waals surface area contributed by atoms with Crippen molar-refractivity contribution in [3.63, 3.8) is 0 Å². The summed E-state index contributed by atoms with van der Waals surface area (Å²) < 4.78 is 13.3. The van der Waals surface area contributed by atoms with Crippen LogP contribution in [0, 0.1) is 4.77 Å². The lowest BCUT2D eigenvalue weighted by atomic mass is 10.0. The molecule has 0 saturated heterocycles. The molecule has 1 aliphatic rings. The Balaban J connectivity index is 1.46. The Morgan fingerprint density at radius 1 is 1.03 bits per heavy atom. The Kier molecular flexibility index (Phi) is 4.57. The third-order valence-corrected chi connectivity index (χ3v) is 5.10. The predicted molar refractivity (Wildman–Crippen MR) is 115 cm³/mol. The van der Waals surface area contributed by atoms with Crippen LogP contribution in [-0.4, -0.2) is 34.3 Å². The van der Waals surface area contributed by atoms with E-state index in [9.17, 15) is 0 Å². The second kappa shape index (κ2) is 7.52. The number of hydrogen-bond donors (Lipinski definition) is 1. The lowest BCUT2D eigenvalue weighted by Crippen LogP contribution is -2.15. The molecule has 1 aromatic heterocycles. The standard InChI is InChI=1S/C22H18N4O2S/c29-22-25-24-21(13-17-6-3-5-16-4-1-2-7-18(16)17)26(22)23-14-15-8-9-19-20(12-15)28-11-10-27-19/h1-9,12,14H,10-11,13H2,(H,25,29)/b23-14+. The highest BCUT2D eigenvalue weighted by Crippen LogP contribution is 2.30. The van der Waals surface area contributed by atoms with Gasteiger partial charge >= 0.3 is 0 Å². The van der Waals surface area contributed by atoms with Gasteiger partial charge < -0.3 is 9.47 Å². The molecule has 0 bridgehead atoms. The van der Waals surface area contributed by atoms with Crippen LogP contribution in [0.25, 0.3) is 10.8 Å². The van der Waals surface area contributed by atoms with Gasteiger partial charge in [-0.05, 0) is 52.3 Å². The first kappa shape index (κ1) is 17.6. The SMILES string of the molecule is S=c1[nH]nc(Cc2cccc3ccccc23)n1/N=C/c1ccc2c(c1)OCCO2. The van der Waals surface area contributed by atoms with Crippen LogP contribution in [0.5, 0.6) is 11.5 Å². The van der Waals surface area contributed by atoms with E-state index in [1.165, 1.54) is 16.3 Å². The number of nitrogens with zero attached hydrogens (tertiary/aromatic N) is 3. The summed E-state index contributed by atoms with van der Waals surface area (Å²) in [4.78, 5) is 0. The predicted octanol–water partition coefficient (Wildman–Crippen LogP) is 4.34. The Labute approximate surface area is 172 Å². The minimum Gasteiger partial charge on any atom is -0.486 e. The van der Waals surface area contributed by atoms with Crippen LogP contribution >= 0.6 is 12.2 Å². The summed E-state index contributed by atoms with van der Waals surface area (Å²) in [7, 11) is 0. The molecule has 144 valence electrons. The first-order valence-electron chi connectivity index (χ1n) is 9.35. The van der Waals surface area contributed by atoms with Gasteiger partial charge in [-0.1, -0.05) is 42.5 Å². The molecule has 0 radical (unpaired) electrons. The molecule has 3 aromatic carbocycles. The van der Waals surface area contributed by atoms with Gasteiger partial charge in [0, 0.05) is 6.42 Å². The third-order valence-electron chi connectivity index (χ3n) is 4.83. The molecule has 29 heavy (non-hydrogen) atoms. The summed E-state index contributed by atoms with van der Waals surface area (Å²) in [5, 5.41) is 14.2. The minimum absolute atomic E-state index is 0.453. The van der Waals surface area contributed by atoms with Crippen molar-refractivity contribution in [1.82, 2.24) is 14.9 Å². The second-order valence-electron chi connectivity index (χ2n) is 6.72. The van der Waals surface area contributed by atoms with E-state index in [0.29, 0.717) is 24.4 Å². The van der Waals surface area contributed by atoms with E-state index >= 15 is 0 Å². The topological polar surface area (TPSA) is 64.4 Å². The highest BCUT2D eigenvalue weighted by Gasteiger charge is 2.12. The molecule has 0 spiro atoms. The number of nitrogens with one attached hydrogen (secondary N) is 1. The maximum absolute atomic E-state index is 5.64. The largest absolute Gasteiger partial charge is 0.486 e. The lowest BCUT2D eigenvalue weighted by Gasteiger charge is -2.18. The molecule has 0 unspecified atom stereocenters. The molecule has 0 fully saturated rings. The molecule has 5 rings (SSSR count). The van der Waals surface area contributed by atoms with E-state index in [-0.39, 0.29) is 0 Å². The number of H-pyrrole nitrogens is 1. The molecule has 0 saturated carbocycles. The van der Waals surface area contributed by atoms with E-state index in [1.807, 2.05) is 30.3 Å². The van der Waals surface area contributed by atoms with E-state index in [0.717, 1.165) is 22.9 Å². The average Bonchev–Trinajstić information content (AvgIpc) is 3.11. The van der Waals surface area contributed by atoms with Crippen LogP contribution < -0.4 is 9.47 Å². The summed E-state index contributed by atoms with van der Waals surface area (Å²) >= 11 is 5.38. The van der Waals surface area contributed by atoms with Gasteiger partial charge in [-0.2, -0.15) is 14.9 Å². The summed E-state index contributed by atoms with van der Waals surface area (Å²) in [5.41, 5.74) is 2.07. The van der Waals surface area contributed by atoms with Gasteiger partial charge in [-0.15, -0.1) is 0 Å². The lowest BCUT2D eigenvalue weighted by molar-refractivity contribution is 0.171. The van der Waals surface area contributed by atoms with E-state index < -0.39 is 0 Å². The van der Waals surface area contributed by atoms with Crippen molar-refractivity contribution in [2.75, 3.05) is 13.2 Å². The number of rotatable bonds is 4. The zero-order chi connectivity index (χ0) is 19.6. The first-order chi connectivity index (χ1) is 14.3. The Bertz CT molecular complexity index is 1270. The highest BCUT2D eigenvalue weighted by atomic mass is 32.1. The second-order valence-corrected chi connectivity index (χ2v) is 7.11. The number of benzene rings is 3. The zero-order valence-electron chi connectivity index (χ0n) is 15.5. The molecule has 1 N–H and O–H groups in total. The van der Waals surface area contributed by atoms with Crippen molar-refractivity contribution >= 4 is 29.2 Å². The number of ether oxygens (including phenoxy) is 2. The number of aromatic amines is 1. The molecule has 0 amide bonds. The van der Waals surface area contributed by atoms with Crippen LogP contribution in [0.3, 0.4) is 0 Å². The average molecular weight is 402 g/mol. The Morgan fingerprint density at radius 3 is 2.79 bits per heavy atom. The van der Waals surface area contributed by atoms with Crippen molar-refractivity contribution in [3.8, 4) is 11.5 Å². The third kappa shape index (κ3) is 3.52. The van der Waals surface area contributed by atoms with Gasteiger partial charge in [-0.3, -0.25) is 5.10 Å². The first-order valence-corrected chi connectivity index (χ1v) is 9.76. The minimum atomic E-state index is 0.453. The molecule has 7 heteroatoms. The van der Waals surface area contributed by atoms with Crippen LogP contribution in [0.15, 0.2) is 65.8 Å². The fraction of sp³-hybridized carbons (Fsp3) is 0.136. The van der Waals surface area contributed by atoms with Gasteiger partial charge in [0.1, 0.15) is 13.2 Å². The fourth-order valence-electron chi connectivity index (χ4n) is 3.44. The highest BCUT2D eigenvalue weighted by molar-refractivity contribution is 7.71. The molecule has 0 atom stereocenters. The summed E-state index contributed by atoms with van der Waals surface area (Å²) in [6.07, 6.45) is 2.36. The monoisotopic (exact) mass is 402 g/mol. The molecular weight excluding hydrogens is 384 g/mol. The molecule has 6 nitrogen and oxygen atoms in total. The fourth-order valence-corrected chi connectivity index (χ4v) is 3.64. The van der Waals surface area contributed by atoms with Gasteiger partial charge in [-0.25, -0.2) is 0 Å². The maximum atomic E-state index is 5.64. The number of hydrogen-bond acceptors (Lipinski definition) is 5. The zero-order valence-corrected chi connectivity index (χ0v) is 16.4. The molecule has 0 aliphatic carbocycles. The van der Waals surface area contributed by atoms with Gasteiger partial charge in [0.15, 0.2) is 17.3 Å². The van der Waals surface area contributed by atoms with E-state index in [1.54, 1.807) is 10.9 Å². The Morgan fingerprint density at radius 2 is 1.86 bits per heavy atom. The van der Waals surface area contributed by atoms with Crippen molar-refractivity contribution in [2.24, 2.45) is 5.10 Å². The summed E-state index contributed by atoms with van der Waals surface area (Å²) in [6.45, 7) is 1.12. The van der Waals surface area contributed by atoms with Gasteiger partial charge in [0.05, 0.1) is 6.21 Å². The van der Waals surface area contributed by atoms with Crippen molar-refractivity contribution < 1.29 is 9.47 Å². The smallest absolute Gasteiger partial charge is 0.216 e. The van der Waals surface area contributed by atoms with Crippen molar-refractivity contribution in [3.05, 3.63) is 82.4 Å². The summed E-state index contributed by atoms with van der Waals surface area (Å²) in [5.74, 6) is 2.23. The number of fused-ring (bicyclic) bond motifs is 2. The van der Waals surface area contributed by atoms with Crippen molar-refractivity contribution in [2.45, 2.75) is 6.42 Å². The van der Waals surface area contributed by atoms with E-state index in [2.05, 4.69) is 45.6 Å². The van der Waals surface area contributed by atoms with E-state index in [4.69, 9.17) is 21.7 Å². The molecule has 2 heterocycles. The molecule has 4 aromatic rings. The normalized spacial score (nSPS) is 13.2. The maximum Gasteiger partial charge on any atom is 0.216 e.